The van der Waals surface area contributed by atoms with Crippen molar-refractivity contribution in [1.82, 2.24) is 4.98 Å². The third-order valence-corrected chi connectivity index (χ3v) is 6.07. The van der Waals surface area contributed by atoms with Crippen molar-refractivity contribution in [3.63, 3.8) is 0 Å². The highest BCUT2D eigenvalue weighted by molar-refractivity contribution is 7.91. The van der Waals surface area contributed by atoms with Crippen LogP contribution in [0.3, 0.4) is 0 Å². The molecule has 3 aromatic rings. The van der Waals surface area contributed by atoms with Crippen molar-refractivity contribution in [1.29, 1.82) is 0 Å². The number of sulfone groups is 1. The molecule has 0 N–H and O–H groups in total. The molecule has 0 unspecified atom stereocenters. The largest absolute Gasteiger partial charge is 0.436 e. The van der Waals surface area contributed by atoms with Crippen LogP contribution in [0.2, 0.25) is 0 Å². The van der Waals surface area contributed by atoms with E-state index in [1.807, 2.05) is 24.3 Å². The average Bonchev–Trinajstić information content (AvgIpc) is 3.06. The first kappa shape index (κ1) is 17.5. The van der Waals surface area contributed by atoms with Gasteiger partial charge in [0.2, 0.25) is 5.89 Å². The monoisotopic (exact) mass is 358 g/mol. The maximum atomic E-state index is 12.0. The Labute approximate surface area is 148 Å². The quantitative estimate of drug-likeness (QED) is 0.663. The SMILES string of the molecule is CCN(CC)c1ccc(-c2nc3cc(S(=O)(=O)CC)ccc3o2)cc1. The lowest BCUT2D eigenvalue weighted by Gasteiger charge is -2.20. The molecule has 5 nitrogen and oxygen atoms in total. The zero-order valence-corrected chi connectivity index (χ0v) is 15.5. The number of anilines is 1. The first-order valence-electron chi connectivity index (χ1n) is 8.47. The number of rotatable bonds is 6. The Morgan fingerprint density at radius 1 is 1.00 bits per heavy atom. The molecule has 0 aliphatic rings. The standard InChI is InChI=1S/C19H22N2O3S/c1-4-21(5-2)15-9-7-14(8-10-15)19-20-17-13-16(25(22,23)6-3)11-12-18(17)24-19/h7-13H,4-6H2,1-3H3. The second-order valence-electron chi connectivity index (χ2n) is 5.77. The van der Waals surface area contributed by atoms with Crippen LogP contribution in [0, 0.1) is 0 Å². The normalized spacial score (nSPS) is 11.8. The van der Waals surface area contributed by atoms with Crippen LogP contribution in [0.5, 0.6) is 0 Å². The fourth-order valence-corrected chi connectivity index (χ4v) is 3.69. The minimum atomic E-state index is -3.25. The molecular weight excluding hydrogens is 336 g/mol. The van der Waals surface area contributed by atoms with E-state index in [4.69, 9.17) is 4.42 Å². The number of nitrogens with zero attached hydrogens (tertiary/aromatic N) is 2. The lowest BCUT2D eigenvalue weighted by atomic mass is 10.2. The van der Waals surface area contributed by atoms with Crippen molar-refractivity contribution in [3.8, 4) is 11.5 Å². The van der Waals surface area contributed by atoms with Gasteiger partial charge in [-0.15, -0.1) is 0 Å². The third kappa shape index (κ3) is 3.39. The van der Waals surface area contributed by atoms with Crippen molar-refractivity contribution >= 4 is 26.6 Å². The molecule has 0 saturated heterocycles. The van der Waals surface area contributed by atoms with Crippen molar-refractivity contribution in [2.24, 2.45) is 0 Å². The maximum Gasteiger partial charge on any atom is 0.227 e. The molecule has 0 spiro atoms. The van der Waals surface area contributed by atoms with Crippen molar-refractivity contribution in [3.05, 3.63) is 42.5 Å². The van der Waals surface area contributed by atoms with Crippen molar-refractivity contribution in [2.75, 3.05) is 23.7 Å². The summed E-state index contributed by atoms with van der Waals surface area (Å²) >= 11 is 0. The lowest BCUT2D eigenvalue weighted by Crippen LogP contribution is -2.21. The number of hydrogen-bond donors (Lipinski definition) is 0. The first-order valence-corrected chi connectivity index (χ1v) is 10.1. The molecule has 0 bridgehead atoms. The van der Waals surface area contributed by atoms with E-state index in [-0.39, 0.29) is 10.6 Å². The fraction of sp³-hybridized carbons (Fsp3) is 0.316. The highest BCUT2D eigenvalue weighted by Crippen LogP contribution is 2.28. The summed E-state index contributed by atoms with van der Waals surface area (Å²) in [5.41, 5.74) is 3.16. The molecule has 0 radical (unpaired) electrons. The van der Waals surface area contributed by atoms with E-state index in [1.165, 1.54) is 0 Å². The predicted octanol–water partition coefficient (Wildman–Crippen LogP) is 4.13. The summed E-state index contributed by atoms with van der Waals surface area (Å²) in [4.78, 5) is 7.00. The molecule has 25 heavy (non-hydrogen) atoms. The number of aromatic nitrogens is 1. The fourth-order valence-electron chi connectivity index (χ4n) is 2.79. The highest BCUT2D eigenvalue weighted by atomic mass is 32.2. The van der Waals surface area contributed by atoms with E-state index >= 15 is 0 Å². The number of benzene rings is 2. The molecule has 132 valence electrons. The molecule has 0 fully saturated rings. The molecule has 0 amide bonds. The van der Waals surface area contributed by atoms with Gasteiger partial charge in [-0.2, -0.15) is 0 Å². The number of fused-ring (bicyclic) bond motifs is 1. The Morgan fingerprint density at radius 3 is 2.28 bits per heavy atom. The Balaban J connectivity index is 1.97. The topological polar surface area (TPSA) is 63.4 Å². The van der Waals surface area contributed by atoms with Gasteiger partial charge >= 0.3 is 0 Å². The van der Waals surface area contributed by atoms with Gasteiger partial charge in [-0.25, -0.2) is 13.4 Å². The van der Waals surface area contributed by atoms with E-state index in [0.717, 1.165) is 24.3 Å². The summed E-state index contributed by atoms with van der Waals surface area (Å²) in [7, 11) is -3.25. The van der Waals surface area contributed by atoms with Gasteiger partial charge in [0.1, 0.15) is 5.52 Å². The van der Waals surface area contributed by atoms with Gasteiger partial charge in [0.15, 0.2) is 15.4 Å². The van der Waals surface area contributed by atoms with E-state index in [2.05, 4.69) is 23.7 Å². The Kier molecular flexibility index (Phi) is 4.81. The average molecular weight is 358 g/mol. The van der Waals surface area contributed by atoms with Gasteiger partial charge in [-0.3, -0.25) is 0 Å². The second-order valence-corrected chi connectivity index (χ2v) is 8.05. The summed E-state index contributed by atoms with van der Waals surface area (Å²) in [6.07, 6.45) is 0. The van der Waals surface area contributed by atoms with Crippen LogP contribution in [0.4, 0.5) is 5.69 Å². The first-order chi connectivity index (χ1) is 12.0. The number of oxazole rings is 1. The van der Waals surface area contributed by atoms with E-state index < -0.39 is 9.84 Å². The summed E-state index contributed by atoms with van der Waals surface area (Å²) in [6.45, 7) is 7.78. The molecule has 0 saturated carbocycles. The van der Waals surface area contributed by atoms with Crippen LogP contribution < -0.4 is 4.90 Å². The highest BCUT2D eigenvalue weighted by Gasteiger charge is 2.15. The zero-order valence-electron chi connectivity index (χ0n) is 14.7. The van der Waals surface area contributed by atoms with Crippen LogP contribution in [-0.2, 0) is 9.84 Å². The summed E-state index contributed by atoms with van der Waals surface area (Å²) in [6, 6.07) is 12.8. The molecule has 6 heteroatoms. The van der Waals surface area contributed by atoms with E-state index in [0.29, 0.717) is 17.0 Å². The summed E-state index contributed by atoms with van der Waals surface area (Å²) < 4.78 is 29.8. The van der Waals surface area contributed by atoms with Gasteiger partial charge in [-0.05, 0) is 56.3 Å². The molecular formula is C19H22N2O3S. The molecule has 3 rings (SSSR count). The smallest absolute Gasteiger partial charge is 0.227 e. The molecule has 1 aromatic heterocycles. The van der Waals surface area contributed by atoms with Gasteiger partial charge in [0.25, 0.3) is 0 Å². The van der Waals surface area contributed by atoms with Gasteiger partial charge in [0.05, 0.1) is 10.6 Å². The second kappa shape index (κ2) is 6.88. The molecule has 0 aliphatic carbocycles. The van der Waals surface area contributed by atoms with Gasteiger partial charge < -0.3 is 9.32 Å². The van der Waals surface area contributed by atoms with Crippen LogP contribution in [0.25, 0.3) is 22.6 Å². The van der Waals surface area contributed by atoms with Crippen LogP contribution in [0.15, 0.2) is 51.8 Å². The van der Waals surface area contributed by atoms with Crippen LogP contribution >= 0.6 is 0 Å². The molecule has 1 heterocycles. The minimum absolute atomic E-state index is 0.0655. The van der Waals surface area contributed by atoms with Crippen molar-refractivity contribution in [2.45, 2.75) is 25.7 Å². The van der Waals surface area contributed by atoms with Gasteiger partial charge in [0, 0.05) is 24.3 Å². The number of hydrogen-bond acceptors (Lipinski definition) is 5. The predicted molar refractivity (Wildman–Crippen MR) is 101 cm³/mol. The third-order valence-electron chi connectivity index (χ3n) is 4.34. The van der Waals surface area contributed by atoms with Crippen LogP contribution in [-0.4, -0.2) is 32.2 Å². The maximum absolute atomic E-state index is 12.0. The zero-order chi connectivity index (χ0) is 18.0. The van der Waals surface area contributed by atoms with Crippen molar-refractivity contribution < 1.29 is 12.8 Å². The van der Waals surface area contributed by atoms with E-state index in [1.54, 1.807) is 25.1 Å². The van der Waals surface area contributed by atoms with E-state index in [9.17, 15) is 8.42 Å². The summed E-state index contributed by atoms with van der Waals surface area (Å²) in [5, 5.41) is 0. The molecule has 0 aliphatic heterocycles. The minimum Gasteiger partial charge on any atom is -0.436 e. The summed E-state index contributed by atoms with van der Waals surface area (Å²) in [5.74, 6) is 0.558. The Morgan fingerprint density at radius 2 is 1.68 bits per heavy atom. The Hall–Kier alpha value is -2.34. The Bertz CT molecular complexity index is 972. The molecule has 2 aromatic carbocycles. The van der Waals surface area contributed by atoms with Crippen LogP contribution in [0.1, 0.15) is 20.8 Å². The van der Waals surface area contributed by atoms with Gasteiger partial charge in [-0.1, -0.05) is 6.92 Å². The lowest BCUT2D eigenvalue weighted by molar-refractivity contribution is 0.597. The molecule has 0 atom stereocenters.